The summed E-state index contributed by atoms with van der Waals surface area (Å²) in [6, 6.07) is -0.0232. The molecule has 0 radical (unpaired) electrons. The molecule has 0 unspecified atom stereocenters. The van der Waals surface area contributed by atoms with Crippen molar-refractivity contribution in [3.8, 4) is 0 Å². The van der Waals surface area contributed by atoms with Gasteiger partial charge in [0.1, 0.15) is 0 Å². The van der Waals surface area contributed by atoms with E-state index in [9.17, 15) is 4.79 Å². The van der Waals surface area contributed by atoms with Crippen LogP contribution >= 0.6 is 0 Å². The minimum Gasteiger partial charge on any atom is -0.466 e. The normalized spacial score (nSPS) is 26.7. The molecule has 1 atom stereocenters. The molecule has 3 nitrogen and oxygen atoms in total. The van der Waals surface area contributed by atoms with Crippen LogP contribution in [0.4, 0.5) is 0 Å². The summed E-state index contributed by atoms with van der Waals surface area (Å²) < 4.78 is 4.96. The van der Waals surface area contributed by atoms with Crippen molar-refractivity contribution in [2.75, 3.05) is 6.61 Å². The zero-order valence-electron chi connectivity index (χ0n) is 12.4. The largest absolute Gasteiger partial charge is 0.466 e. The summed E-state index contributed by atoms with van der Waals surface area (Å²) in [4.78, 5) is 11.4. The Morgan fingerprint density at radius 1 is 1.28 bits per heavy atom. The molecule has 0 aromatic rings. The molecular weight excluding hydrogens is 226 g/mol. The van der Waals surface area contributed by atoms with Crippen molar-refractivity contribution in [3.05, 3.63) is 0 Å². The Kier molecular flexibility index (Phi) is 5.64. The number of esters is 1. The van der Waals surface area contributed by atoms with Crippen molar-refractivity contribution in [1.82, 2.24) is 0 Å². The number of carbonyl (C=O) groups is 1. The van der Waals surface area contributed by atoms with Crippen LogP contribution in [-0.2, 0) is 9.53 Å². The summed E-state index contributed by atoms with van der Waals surface area (Å²) >= 11 is 0. The molecule has 0 aromatic carbocycles. The average molecular weight is 255 g/mol. The molecule has 0 saturated heterocycles. The number of hydrogen-bond donors (Lipinski definition) is 1. The van der Waals surface area contributed by atoms with Crippen LogP contribution in [0.25, 0.3) is 0 Å². The molecule has 0 aromatic heterocycles. The molecule has 3 heteroatoms. The van der Waals surface area contributed by atoms with E-state index in [1.807, 2.05) is 6.92 Å². The molecule has 0 amide bonds. The maximum Gasteiger partial charge on any atom is 0.307 e. The third-order valence-electron chi connectivity index (χ3n) is 4.31. The Morgan fingerprint density at radius 2 is 1.83 bits per heavy atom. The summed E-state index contributed by atoms with van der Waals surface area (Å²) in [5.74, 6) is 1.14. The van der Waals surface area contributed by atoms with Crippen molar-refractivity contribution in [3.63, 3.8) is 0 Å². The Labute approximate surface area is 111 Å². The lowest BCUT2D eigenvalue weighted by molar-refractivity contribution is -0.143. The lowest BCUT2D eigenvalue weighted by Crippen LogP contribution is -2.37. The standard InChI is InChI=1S/C15H29NO2/c1-5-18-14(17)10-13(16)11-6-8-12(9-7-11)15(2,3)4/h11-13H,5-10,16H2,1-4H3/t11?,12?,13-/m1/s1. The third-order valence-corrected chi connectivity index (χ3v) is 4.31. The minimum atomic E-state index is -0.150. The van der Waals surface area contributed by atoms with Gasteiger partial charge in [0.2, 0.25) is 0 Å². The fraction of sp³-hybridized carbons (Fsp3) is 0.933. The summed E-state index contributed by atoms with van der Waals surface area (Å²) in [7, 11) is 0. The molecule has 0 heterocycles. The first-order chi connectivity index (χ1) is 8.34. The number of hydrogen-bond acceptors (Lipinski definition) is 3. The molecule has 18 heavy (non-hydrogen) atoms. The van der Waals surface area contributed by atoms with Crippen molar-refractivity contribution in [1.29, 1.82) is 0 Å². The second kappa shape index (κ2) is 6.55. The van der Waals surface area contributed by atoms with Crippen molar-refractivity contribution < 1.29 is 9.53 Å². The van der Waals surface area contributed by atoms with Crippen LogP contribution in [0.2, 0.25) is 0 Å². The highest BCUT2D eigenvalue weighted by molar-refractivity contribution is 5.70. The van der Waals surface area contributed by atoms with Gasteiger partial charge in [-0.3, -0.25) is 4.79 Å². The van der Waals surface area contributed by atoms with Gasteiger partial charge in [-0.05, 0) is 49.9 Å². The lowest BCUT2D eigenvalue weighted by atomic mass is 9.68. The predicted octanol–water partition coefficient (Wildman–Crippen LogP) is 3.12. The van der Waals surface area contributed by atoms with Gasteiger partial charge in [0.25, 0.3) is 0 Å². The van der Waals surface area contributed by atoms with Crippen molar-refractivity contribution >= 4 is 5.97 Å². The summed E-state index contributed by atoms with van der Waals surface area (Å²) in [5.41, 5.74) is 6.53. The molecule has 2 N–H and O–H groups in total. The number of carbonyl (C=O) groups excluding carboxylic acids is 1. The van der Waals surface area contributed by atoms with E-state index in [0.29, 0.717) is 24.4 Å². The van der Waals surface area contributed by atoms with Crippen LogP contribution in [0.15, 0.2) is 0 Å². The number of nitrogens with two attached hydrogens (primary N) is 1. The van der Waals surface area contributed by atoms with Crippen LogP contribution in [-0.4, -0.2) is 18.6 Å². The van der Waals surface area contributed by atoms with Gasteiger partial charge in [-0.1, -0.05) is 20.8 Å². The Hall–Kier alpha value is -0.570. The fourth-order valence-corrected chi connectivity index (χ4v) is 2.99. The molecule has 0 bridgehead atoms. The van der Waals surface area contributed by atoms with E-state index in [0.717, 1.165) is 18.8 Å². The summed E-state index contributed by atoms with van der Waals surface area (Å²) in [5, 5.41) is 0. The minimum absolute atomic E-state index is 0.0232. The van der Waals surface area contributed by atoms with Gasteiger partial charge in [-0.25, -0.2) is 0 Å². The van der Waals surface area contributed by atoms with E-state index >= 15 is 0 Å². The second-order valence-electron chi connectivity index (χ2n) is 6.65. The molecule has 1 fully saturated rings. The monoisotopic (exact) mass is 255 g/mol. The Bertz CT molecular complexity index is 262. The first-order valence-corrected chi connectivity index (χ1v) is 7.25. The quantitative estimate of drug-likeness (QED) is 0.785. The van der Waals surface area contributed by atoms with Crippen LogP contribution in [0, 0.1) is 17.3 Å². The Balaban J connectivity index is 2.36. The van der Waals surface area contributed by atoms with Crippen LogP contribution in [0.3, 0.4) is 0 Å². The van der Waals surface area contributed by atoms with Crippen LogP contribution < -0.4 is 5.73 Å². The Morgan fingerprint density at radius 3 is 2.28 bits per heavy atom. The lowest BCUT2D eigenvalue weighted by Gasteiger charge is -2.38. The summed E-state index contributed by atoms with van der Waals surface area (Å²) in [6.45, 7) is 9.23. The smallest absolute Gasteiger partial charge is 0.307 e. The SMILES string of the molecule is CCOC(=O)C[C@@H](N)C1CCC(C(C)(C)C)CC1. The zero-order chi connectivity index (χ0) is 13.8. The van der Waals surface area contributed by atoms with Gasteiger partial charge in [0.15, 0.2) is 0 Å². The first-order valence-electron chi connectivity index (χ1n) is 7.25. The molecule has 1 rings (SSSR count). The van der Waals surface area contributed by atoms with Crippen LogP contribution in [0.5, 0.6) is 0 Å². The second-order valence-corrected chi connectivity index (χ2v) is 6.65. The predicted molar refractivity (Wildman–Crippen MR) is 74.1 cm³/mol. The van der Waals surface area contributed by atoms with Crippen molar-refractivity contribution in [2.45, 2.75) is 65.8 Å². The van der Waals surface area contributed by atoms with Crippen LogP contribution in [0.1, 0.15) is 59.8 Å². The van der Waals surface area contributed by atoms with Gasteiger partial charge >= 0.3 is 5.97 Å². The van der Waals surface area contributed by atoms with Gasteiger partial charge in [0.05, 0.1) is 13.0 Å². The van der Waals surface area contributed by atoms with E-state index in [2.05, 4.69) is 20.8 Å². The summed E-state index contributed by atoms with van der Waals surface area (Å²) in [6.07, 6.45) is 5.17. The van der Waals surface area contributed by atoms with E-state index in [1.54, 1.807) is 0 Å². The van der Waals surface area contributed by atoms with E-state index in [1.165, 1.54) is 12.8 Å². The van der Waals surface area contributed by atoms with Gasteiger partial charge < -0.3 is 10.5 Å². The van der Waals surface area contributed by atoms with Gasteiger partial charge in [-0.2, -0.15) is 0 Å². The molecule has 106 valence electrons. The maximum atomic E-state index is 11.4. The van der Waals surface area contributed by atoms with E-state index in [-0.39, 0.29) is 12.0 Å². The number of ether oxygens (including phenoxy) is 1. The molecule has 0 spiro atoms. The van der Waals surface area contributed by atoms with E-state index < -0.39 is 0 Å². The highest BCUT2D eigenvalue weighted by Gasteiger charge is 2.32. The average Bonchev–Trinajstić information content (AvgIpc) is 2.28. The zero-order valence-corrected chi connectivity index (χ0v) is 12.4. The highest BCUT2D eigenvalue weighted by Crippen LogP contribution is 2.40. The topological polar surface area (TPSA) is 52.3 Å². The van der Waals surface area contributed by atoms with Crippen molar-refractivity contribution in [2.24, 2.45) is 23.0 Å². The molecule has 1 aliphatic rings. The molecular formula is C15H29NO2. The maximum absolute atomic E-state index is 11.4. The highest BCUT2D eigenvalue weighted by atomic mass is 16.5. The fourth-order valence-electron chi connectivity index (χ4n) is 2.99. The van der Waals surface area contributed by atoms with Gasteiger partial charge in [-0.15, -0.1) is 0 Å². The molecule has 1 saturated carbocycles. The molecule has 1 aliphatic carbocycles. The third kappa shape index (κ3) is 4.60. The van der Waals surface area contributed by atoms with E-state index in [4.69, 9.17) is 10.5 Å². The number of rotatable bonds is 4. The first kappa shape index (κ1) is 15.5. The molecule has 0 aliphatic heterocycles. The van der Waals surface area contributed by atoms with Gasteiger partial charge in [0, 0.05) is 6.04 Å².